The summed E-state index contributed by atoms with van der Waals surface area (Å²) in [6, 6.07) is 18.4. The monoisotopic (exact) mass is 324 g/mol. The molecule has 0 spiro atoms. The molecule has 0 radical (unpaired) electrons. The highest BCUT2D eigenvalue weighted by molar-refractivity contribution is 5.79. The van der Waals surface area contributed by atoms with Crippen LogP contribution in [0.4, 0.5) is 0 Å². The Morgan fingerprint density at radius 1 is 1.21 bits per heavy atom. The van der Waals surface area contributed by atoms with Crippen molar-refractivity contribution in [2.24, 2.45) is 0 Å². The van der Waals surface area contributed by atoms with Crippen LogP contribution in [-0.2, 0) is 11.2 Å². The number of nitrogens with one attached hydrogen (secondary N) is 1. The van der Waals surface area contributed by atoms with Gasteiger partial charge in [-0.05, 0) is 29.7 Å². The summed E-state index contributed by atoms with van der Waals surface area (Å²) in [5, 5.41) is 20.7. The van der Waals surface area contributed by atoms with E-state index < -0.39 is 0 Å². The summed E-state index contributed by atoms with van der Waals surface area (Å²) in [6.07, 6.45) is 0.666. The lowest BCUT2D eigenvalue weighted by molar-refractivity contribution is -0.121. The summed E-state index contributed by atoms with van der Waals surface area (Å²) in [4.78, 5) is 12.3. The lowest BCUT2D eigenvalue weighted by Crippen LogP contribution is -2.30. The van der Waals surface area contributed by atoms with E-state index in [1.165, 1.54) is 0 Å². The molecular weight excluding hydrogens is 304 g/mol. The molecule has 5 heteroatoms. The number of hydrogen-bond donors (Lipinski definition) is 2. The standard InChI is InChI=1S/C19H20N2O3/c20-10-12-24-17-8-4-5-15(13-17)14-19(23)21-18(9-11-22)16-6-2-1-3-7-16/h1-8,13,18,22H,9,11-12,14H2,(H,21,23). The normalized spacial score (nSPS) is 11.3. The molecule has 0 fully saturated rings. The molecule has 2 rings (SSSR count). The zero-order chi connectivity index (χ0) is 17.2. The number of aliphatic hydroxyl groups is 1. The fraction of sp³-hybridized carbons (Fsp3) is 0.263. The van der Waals surface area contributed by atoms with Crippen molar-refractivity contribution < 1.29 is 14.6 Å². The van der Waals surface area contributed by atoms with Gasteiger partial charge in [-0.3, -0.25) is 4.79 Å². The van der Waals surface area contributed by atoms with Gasteiger partial charge in [0.2, 0.25) is 5.91 Å². The molecular formula is C19H20N2O3. The number of ether oxygens (including phenoxy) is 1. The van der Waals surface area contributed by atoms with Crippen molar-refractivity contribution in [1.82, 2.24) is 5.32 Å². The van der Waals surface area contributed by atoms with Crippen LogP contribution < -0.4 is 10.1 Å². The second kappa shape index (κ2) is 9.33. The maximum Gasteiger partial charge on any atom is 0.224 e. The van der Waals surface area contributed by atoms with Crippen molar-refractivity contribution >= 4 is 5.91 Å². The number of carbonyl (C=O) groups excluding carboxylic acids is 1. The number of amides is 1. The summed E-state index contributed by atoms with van der Waals surface area (Å²) in [7, 11) is 0. The largest absolute Gasteiger partial charge is 0.479 e. The Morgan fingerprint density at radius 3 is 2.71 bits per heavy atom. The van der Waals surface area contributed by atoms with Crippen LogP contribution in [0.5, 0.6) is 5.75 Å². The number of carbonyl (C=O) groups is 1. The van der Waals surface area contributed by atoms with Gasteiger partial charge in [-0.25, -0.2) is 0 Å². The molecule has 2 aromatic rings. The average Bonchev–Trinajstić information content (AvgIpc) is 2.60. The van der Waals surface area contributed by atoms with Crippen LogP contribution in [0.3, 0.4) is 0 Å². The zero-order valence-electron chi connectivity index (χ0n) is 13.3. The summed E-state index contributed by atoms with van der Waals surface area (Å²) in [5.74, 6) is 0.437. The first-order chi connectivity index (χ1) is 11.7. The highest BCUT2D eigenvalue weighted by Gasteiger charge is 2.14. The Kier molecular flexibility index (Phi) is 6.81. The fourth-order valence-corrected chi connectivity index (χ4v) is 2.43. The molecule has 24 heavy (non-hydrogen) atoms. The Labute approximate surface area is 141 Å². The number of benzene rings is 2. The van der Waals surface area contributed by atoms with Gasteiger partial charge in [0.1, 0.15) is 11.8 Å². The van der Waals surface area contributed by atoms with Gasteiger partial charge in [-0.15, -0.1) is 0 Å². The van der Waals surface area contributed by atoms with E-state index in [4.69, 9.17) is 10.00 Å². The molecule has 0 aliphatic heterocycles. The molecule has 124 valence electrons. The van der Waals surface area contributed by atoms with Crippen molar-refractivity contribution in [3.63, 3.8) is 0 Å². The molecule has 0 bridgehead atoms. The van der Waals surface area contributed by atoms with Gasteiger partial charge < -0.3 is 15.2 Å². The third-order valence-electron chi connectivity index (χ3n) is 3.52. The molecule has 0 aromatic heterocycles. The number of aliphatic hydroxyl groups excluding tert-OH is 1. The predicted molar refractivity (Wildman–Crippen MR) is 90.3 cm³/mol. The van der Waals surface area contributed by atoms with Crippen LogP contribution >= 0.6 is 0 Å². The second-order valence-electron chi connectivity index (χ2n) is 5.31. The van der Waals surface area contributed by atoms with Gasteiger partial charge in [0.25, 0.3) is 0 Å². The molecule has 0 heterocycles. The predicted octanol–water partition coefficient (Wildman–Crippen LogP) is 2.37. The molecule has 0 saturated carbocycles. The minimum Gasteiger partial charge on any atom is -0.479 e. The molecule has 0 aliphatic rings. The molecule has 0 saturated heterocycles. The minimum atomic E-state index is -0.221. The lowest BCUT2D eigenvalue weighted by atomic mass is 10.0. The highest BCUT2D eigenvalue weighted by Crippen LogP contribution is 2.17. The highest BCUT2D eigenvalue weighted by atomic mass is 16.5. The first kappa shape index (κ1) is 17.5. The van der Waals surface area contributed by atoms with Gasteiger partial charge in [-0.1, -0.05) is 42.5 Å². The summed E-state index contributed by atoms with van der Waals surface area (Å²) < 4.78 is 5.24. The maximum absolute atomic E-state index is 12.3. The number of nitrogens with zero attached hydrogens (tertiary/aromatic N) is 1. The van der Waals surface area contributed by atoms with Gasteiger partial charge >= 0.3 is 0 Å². The van der Waals surface area contributed by atoms with Crippen molar-refractivity contribution in [2.45, 2.75) is 18.9 Å². The second-order valence-corrected chi connectivity index (χ2v) is 5.31. The van der Waals surface area contributed by atoms with Crippen LogP contribution in [0.15, 0.2) is 54.6 Å². The Morgan fingerprint density at radius 2 is 2.00 bits per heavy atom. The Hall–Kier alpha value is -2.84. The van der Waals surface area contributed by atoms with Crippen molar-refractivity contribution in [2.75, 3.05) is 13.2 Å². The topological polar surface area (TPSA) is 82.3 Å². The summed E-state index contributed by atoms with van der Waals surface area (Å²) >= 11 is 0. The van der Waals surface area contributed by atoms with E-state index in [2.05, 4.69) is 5.32 Å². The van der Waals surface area contributed by atoms with Gasteiger partial charge in [0.05, 0.1) is 12.5 Å². The molecule has 2 N–H and O–H groups in total. The number of rotatable bonds is 8. The fourth-order valence-electron chi connectivity index (χ4n) is 2.43. The van der Waals surface area contributed by atoms with E-state index in [1.807, 2.05) is 42.5 Å². The van der Waals surface area contributed by atoms with Crippen LogP contribution in [0, 0.1) is 11.3 Å². The Bertz CT molecular complexity index is 695. The van der Waals surface area contributed by atoms with E-state index in [0.29, 0.717) is 12.2 Å². The third kappa shape index (κ3) is 5.41. The molecule has 0 aliphatic carbocycles. The molecule has 1 unspecified atom stereocenters. The van der Waals surface area contributed by atoms with E-state index in [-0.39, 0.29) is 31.6 Å². The lowest BCUT2D eigenvalue weighted by Gasteiger charge is -2.18. The van der Waals surface area contributed by atoms with Crippen LogP contribution in [0.2, 0.25) is 0 Å². The van der Waals surface area contributed by atoms with Crippen molar-refractivity contribution in [3.8, 4) is 11.8 Å². The van der Waals surface area contributed by atoms with Crippen LogP contribution in [-0.4, -0.2) is 24.2 Å². The minimum absolute atomic E-state index is 0.00265. The average molecular weight is 324 g/mol. The molecule has 2 aromatic carbocycles. The SMILES string of the molecule is N#CCOc1cccc(CC(=O)NC(CCO)c2ccccc2)c1. The summed E-state index contributed by atoms with van der Waals surface area (Å²) in [6.45, 7) is -0.0282. The van der Waals surface area contributed by atoms with E-state index in [9.17, 15) is 9.90 Å². The zero-order valence-corrected chi connectivity index (χ0v) is 13.3. The van der Waals surface area contributed by atoms with Crippen LogP contribution in [0.1, 0.15) is 23.6 Å². The van der Waals surface area contributed by atoms with Crippen molar-refractivity contribution in [3.05, 3.63) is 65.7 Å². The number of nitriles is 1. The first-order valence-corrected chi connectivity index (χ1v) is 7.77. The van der Waals surface area contributed by atoms with E-state index in [0.717, 1.165) is 11.1 Å². The van der Waals surface area contributed by atoms with Gasteiger partial charge in [-0.2, -0.15) is 5.26 Å². The summed E-state index contributed by atoms with van der Waals surface area (Å²) in [5.41, 5.74) is 1.77. The van der Waals surface area contributed by atoms with Crippen LogP contribution in [0.25, 0.3) is 0 Å². The maximum atomic E-state index is 12.3. The van der Waals surface area contributed by atoms with Crippen molar-refractivity contribution in [1.29, 1.82) is 5.26 Å². The van der Waals surface area contributed by atoms with Gasteiger partial charge in [0, 0.05) is 6.61 Å². The molecule has 1 atom stereocenters. The quantitative estimate of drug-likeness (QED) is 0.781. The smallest absolute Gasteiger partial charge is 0.224 e. The molecule has 1 amide bonds. The molecule has 5 nitrogen and oxygen atoms in total. The Balaban J connectivity index is 1.99. The number of hydrogen-bond acceptors (Lipinski definition) is 4. The van der Waals surface area contributed by atoms with E-state index in [1.54, 1.807) is 18.2 Å². The third-order valence-corrected chi connectivity index (χ3v) is 3.52. The first-order valence-electron chi connectivity index (χ1n) is 7.77. The van der Waals surface area contributed by atoms with E-state index >= 15 is 0 Å². The van der Waals surface area contributed by atoms with Gasteiger partial charge in [0.15, 0.2) is 6.61 Å².